The lowest BCUT2D eigenvalue weighted by Crippen LogP contribution is -2.50. The van der Waals surface area contributed by atoms with Gasteiger partial charge in [0.05, 0.1) is 11.3 Å². The first-order chi connectivity index (χ1) is 15.2. The highest BCUT2D eigenvalue weighted by Gasteiger charge is 2.40. The van der Waals surface area contributed by atoms with Crippen LogP contribution < -0.4 is 20.3 Å². The van der Waals surface area contributed by atoms with Crippen molar-refractivity contribution >= 4 is 39.8 Å². The molecule has 0 radical (unpaired) electrons. The van der Waals surface area contributed by atoms with Crippen molar-refractivity contribution in [3.8, 4) is 11.9 Å². The zero-order valence-corrected chi connectivity index (χ0v) is 18.4. The molecule has 8 heteroatoms. The van der Waals surface area contributed by atoms with E-state index < -0.39 is 0 Å². The van der Waals surface area contributed by atoms with Crippen LogP contribution in [0, 0.1) is 11.3 Å². The van der Waals surface area contributed by atoms with Crippen LogP contribution in [-0.2, 0) is 6.42 Å². The third-order valence-corrected chi connectivity index (χ3v) is 7.60. The minimum atomic E-state index is -0.232. The third kappa shape index (κ3) is 2.99. The second-order valence-electron chi connectivity index (χ2n) is 9.30. The van der Waals surface area contributed by atoms with Crippen LogP contribution in [0.25, 0.3) is 10.8 Å². The monoisotopic (exact) mass is 438 g/mol. The summed E-state index contributed by atoms with van der Waals surface area (Å²) in [6, 6.07) is 2.50. The standard InChI is InChI=1S/C23H27ClN6O/c24-12-14-11-15-17-16(13-25)21(30-9-5-2-6-10-30)26-19-18(17)20(27-22(15)31-14)29-23(28-19)7-3-1-4-8-23/h14H,1-12H2,(H,26,28)(H,27,29). The second-order valence-corrected chi connectivity index (χ2v) is 9.61. The number of aromatic nitrogens is 2. The average Bonchev–Trinajstić information content (AvgIpc) is 3.22. The highest BCUT2D eigenvalue weighted by Crippen LogP contribution is 2.48. The van der Waals surface area contributed by atoms with Crippen molar-refractivity contribution < 1.29 is 4.74 Å². The number of nitrogens with one attached hydrogen (secondary N) is 2. The summed E-state index contributed by atoms with van der Waals surface area (Å²) < 4.78 is 6.08. The van der Waals surface area contributed by atoms with Crippen molar-refractivity contribution in [2.45, 2.75) is 69.6 Å². The van der Waals surface area contributed by atoms with E-state index in [-0.39, 0.29) is 11.8 Å². The lowest BCUT2D eigenvalue weighted by atomic mass is 9.86. The Morgan fingerprint density at radius 3 is 2.45 bits per heavy atom. The Morgan fingerprint density at radius 1 is 1.03 bits per heavy atom. The predicted molar refractivity (Wildman–Crippen MR) is 122 cm³/mol. The minimum absolute atomic E-state index is 0.110. The molecule has 1 atom stereocenters. The fourth-order valence-electron chi connectivity index (χ4n) is 5.75. The van der Waals surface area contributed by atoms with Crippen molar-refractivity contribution in [3.05, 3.63) is 11.1 Å². The number of piperidine rings is 1. The first kappa shape index (κ1) is 19.2. The zero-order valence-electron chi connectivity index (χ0n) is 17.6. The highest BCUT2D eigenvalue weighted by molar-refractivity contribution is 6.18. The first-order valence-corrected chi connectivity index (χ1v) is 12.1. The molecule has 7 nitrogen and oxygen atoms in total. The van der Waals surface area contributed by atoms with Crippen LogP contribution in [0.3, 0.4) is 0 Å². The molecule has 1 saturated carbocycles. The van der Waals surface area contributed by atoms with Gasteiger partial charge in [0, 0.05) is 30.5 Å². The largest absolute Gasteiger partial charge is 0.472 e. The number of nitrogens with zero attached hydrogens (tertiary/aromatic N) is 4. The van der Waals surface area contributed by atoms with Gasteiger partial charge in [-0.25, -0.2) is 4.98 Å². The Morgan fingerprint density at radius 2 is 1.74 bits per heavy atom. The van der Waals surface area contributed by atoms with Crippen LogP contribution >= 0.6 is 11.6 Å². The summed E-state index contributed by atoms with van der Waals surface area (Å²) in [7, 11) is 0. The van der Waals surface area contributed by atoms with Crippen molar-refractivity contribution in [1.29, 1.82) is 5.26 Å². The van der Waals surface area contributed by atoms with Gasteiger partial charge >= 0.3 is 0 Å². The highest BCUT2D eigenvalue weighted by atomic mass is 35.5. The Kier molecular flexibility index (Phi) is 4.53. The Labute approximate surface area is 187 Å². The number of alkyl halides is 1. The number of rotatable bonds is 2. The van der Waals surface area contributed by atoms with E-state index in [4.69, 9.17) is 26.3 Å². The van der Waals surface area contributed by atoms with Gasteiger partial charge in [-0.1, -0.05) is 6.42 Å². The van der Waals surface area contributed by atoms with Crippen LogP contribution in [0.15, 0.2) is 0 Å². The lowest BCUT2D eigenvalue weighted by molar-refractivity contribution is 0.249. The van der Waals surface area contributed by atoms with E-state index >= 15 is 0 Å². The molecule has 0 amide bonds. The van der Waals surface area contributed by atoms with Gasteiger partial charge in [0.15, 0.2) is 0 Å². The van der Waals surface area contributed by atoms with E-state index in [1.807, 2.05) is 0 Å². The first-order valence-electron chi connectivity index (χ1n) is 11.6. The van der Waals surface area contributed by atoms with Crippen molar-refractivity contribution in [2.24, 2.45) is 0 Å². The number of fused-ring (bicyclic) bond motifs is 2. The SMILES string of the molecule is N#Cc1c(N2CCCCC2)nc2c3c(nc4c(c13)CC(CCl)O4)NC1(CCCCC1)N2. The predicted octanol–water partition coefficient (Wildman–Crippen LogP) is 4.53. The van der Waals surface area contributed by atoms with Gasteiger partial charge in [-0.3, -0.25) is 0 Å². The van der Waals surface area contributed by atoms with E-state index in [9.17, 15) is 5.26 Å². The summed E-state index contributed by atoms with van der Waals surface area (Å²) in [5.74, 6) is 3.47. The van der Waals surface area contributed by atoms with E-state index in [1.165, 1.54) is 25.7 Å². The molecule has 2 N–H and O–H groups in total. The molecular weight excluding hydrogens is 412 g/mol. The summed E-state index contributed by atoms with van der Waals surface area (Å²) in [6.45, 7) is 1.88. The summed E-state index contributed by atoms with van der Waals surface area (Å²) in [6.07, 6.45) is 9.72. The third-order valence-electron chi connectivity index (χ3n) is 7.26. The van der Waals surface area contributed by atoms with E-state index in [0.717, 1.165) is 72.6 Å². The van der Waals surface area contributed by atoms with Gasteiger partial charge < -0.3 is 20.3 Å². The van der Waals surface area contributed by atoms with E-state index in [1.54, 1.807) is 0 Å². The van der Waals surface area contributed by atoms with Gasteiger partial charge in [0.1, 0.15) is 40.9 Å². The zero-order chi connectivity index (χ0) is 21.0. The number of hydrogen-bond donors (Lipinski definition) is 2. The average molecular weight is 439 g/mol. The molecule has 31 heavy (non-hydrogen) atoms. The van der Waals surface area contributed by atoms with E-state index in [0.29, 0.717) is 23.7 Å². The number of halogens is 1. The Hall–Kier alpha value is -2.46. The molecule has 4 aliphatic rings. The van der Waals surface area contributed by atoms with Gasteiger partial charge in [0.25, 0.3) is 0 Å². The number of ether oxygens (including phenoxy) is 1. The van der Waals surface area contributed by atoms with Gasteiger partial charge in [0.2, 0.25) is 5.88 Å². The number of hydrogen-bond acceptors (Lipinski definition) is 7. The van der Waals surface area contributed by atoms with Gasteiger partial charge in [-0.05, 0) is 44.9 Å². The molecule has 5 heterocycles. The molecule has 6 rings (SSSR count). The topological polar surface area (TPSA) is 86.1 Å². The normalized spacial score (nSPS) is 23.6. The maximum atomic E-state index is 10.3. The molecular formula is C23H27ClN6O. The molecule has 1 spiro atoms. The summed E-state index contributed by atoms with van der Waals surface area (Å²) >= 11 is 6.14. The molecule has 2 aromatic heterocycles. The van der Waals surface area contributed by atoms with Crippen LogP contribution in [0.4, 0.5) is 17.5 Å². The molecule has 0 aromatic carbocycles. The lowest BCUT2D eigenvalue weighted by Gasteiger charge is -2.43. The Balaban J connectivity index is 1.60. The molecule has 1 unspecified atom stereocenters. The van der Waals surface area contributed by atoms with Crippen molar-refractivity contribution in [1.82, 2.24) is 9.97 Å². The van der Waals surface area contributed by atoms with Crippen LogP contribution in [0.5, 0.6) is 5.88 Å². The maximum absolute atomic E-state index is 10.3. The smallest absolute Gasteiger partial charge is 0.219 e. The molecule has 1 aliphatic carbocycles. The minimum Gasteiger partial charge on any atom is -0.472 e. The van der Waals surface area contributed by atoms with Gasteiger partial charge in [-0.15, -0.1) is 11.6 Å². The molecule has 0 bridgehead atoms. The summed E-state index contributed by atoms with van der Waals surface area (Å²) in [5.41, 5.74) is 1.40. The van der Waals surface area contributed by atoms with Crippen molar-refractivity contribution in [2.75, 3.05) is 34.5 Å². The molecule has 2 fully saturated rings. The fourth-order valence-corrected chi connectivity index (χ4v) is 5.92. The van der Waals surface area contributed by atoms with Crippen LogP contribution in [-0.4, -0.2) is 40.7 Å². The fraction of sp³-hybridized carbons (Fsp3) is 0.609. The van der Waals surface area contributed by atoms with Crippen LogP contribution in [0.2, 0.25) is 0 Å². The quantitative estimate of drug-likeness (QED) is 0.666. The molecule has 162 valence electrons. The number of pyridine rings is 2. The molecule has 2 aromatic rings. The van der Waals surface area contributed by atoms with Gasteiger partial charge in [-0.2, -0.15) is 10.2 Å². The molecule has 3 aliphatic heterocycles. The van der Waals surface area contributed by atoms with Crippen LogP contribution in [0.1, 0.15) is 62.5 Å². The molecule has 1 saturated heterocycles. The second kappa shape index (κ2) is 7.30. The summed E-state index contributed by atoms with van der Waals surface area (Å²) in [5, 5.41) is 19.6. The van der Waals surface area contributed by atoms with Crippen molar-refractivity contribution in [3.63, 3.8) is 0 Å². The maximum Gasteiger partial charge on any atom is 0.219 e. The van der Waals surface area contributed by atoms with E-state index in [2.05, 4.69) is 21.6 Å². The summed E-state index contributed by atoms with van der Waals surface area (Å²) in [4.78, 5) is 12.3. The number of nitriles is 1. The number of anilines is 3. The Bertz CT molecular complexity index is 1080.